The van der Waals surface area contributed by atoms with E-state index in [2.05, 4.69) is 10.3 Å². The average molecular weight is 302 g/mol. The van der Waals surface area contributed by atoms with Gasteiger partial charge in [-0.3, -0.25) is 9.59 Å². The summed E-state index contributed by atoms with van der Waals surface area (Å²) in [5.41, 5.74) is 0.144. The average Bonchev–Trinajstić information content (AvgIpc) is 2.99. The zero-order valence-corrected chi connectivity index (χ0v) is 11.6. The molecule has 1 aromatic heterocycles. The van der Waals surface area contributed by atoms with Gasteiger partial charge in [0.05, 0.1) is 12.1 Å². The van der Waals surface area contributed by atoms with Crippen molar-refractivity contribution in [3.05, 3.63) is 52.4 Å². The molecule has 7 nitrogen and oxygen atoms in total. The molecular weight excluding hydrogens is 288 g/mol. The maximum atomic E-state index is 11.8. The van der Waals surface area contributed by atoms with Gasteiger partial charge >= 0.3 is 0 Å². The van der Waals surface area contributed by atoms with Crippen LogP contribution in [0.1, 0.15) is 10.4 Å². The van der Waals surface area contributed by atoms with Gasteiger partial charge in [0.25, 0.3) is 5.91 Å². The van der Waals surface area contributed by atoms with E-state index in [0.29, 0.717) is 36.0 Å². The number of carbonyl (C=O) groups is 1. The molecule has 0 fully saturated rings. The molecule has 1 amide bonds. The number of aromatic nitrogens is 1. The van der Waals surface area contributed by atoms with Crippen LogP contribution in [0.3, 0.4) is 0 Å². The Morgan fingerprint density at radius 3 is 2.91 bits per heavy atom. The van der Waals surface area contributed by atoms with Gasteiger partial charge in [-0.1, -0.05) is 0 Å². The van der Waals surface area contributed by atoms with Crippen LogP contribution in [0.4, 0.5) is 0 Å². The Morgan fingerprint density at radius 2 is 2.09 bits per heavy atom. The van der Waals surface area contributed by atoms with Crippen LogP contribution in [0.2, 0.25) is 0 Å². The van der Waals surface area contributed by atoms with Crippen LogP contribution >= 0.6 is 0 Å². The number of pyridine rings is 1. The standard InChI is InChI=1S/C15H14N2O5/c18-14-4-1-10(8-17-14)15(19)16-5-6-20-11-2-3-12-13(7-11)22-9-21-12/h1-4,7-8H,5-6,9H2,(H,16,19)(H,17,18). The molecule has 7 heteroatoms. The molecular formula is C15H14N2O5. The Morgan fingerprint density at radius 1 is 1.23 bits per heavy atom. The van der Waals surface area contributed by atoms with E-state index in [9.17, 15) is 9.59 Å². The smallest absolute Gasteiger partial charge is 0.252 e. The van der Waals surface area contributed by atoms with Crippen molar-refractivity contribution in [3.8, 4) is 17.2 Å². The van der Waals surface area contributed by atoms with Crippen LogP contribution < -0.4 is 25.1 Å². The Kier molecular flexibility index (Phi) is 3.95. The molecule has 0 spiro atoms. The van der Waals surface area contributed by atoms with Crippen molar-refractivity contribution in [2.45, 2.75) is 0 Å². The van der Waals surface area contributed by atoms with E-state index in [1.165, 1.54) is 18.3 Å². The van der Waals surface area contributed by atoms with E-state index in [4.69, 9.17) is 14.2 Å². The Hall–Kier alpha value is -2.96. The monoisotopic (exact) mass is 302 g/mol. The van der Waals surface area contributed by atoms with Crippen molar-refractivity contribution in [1.82, 2.24) is 10.3 Å². The summed E-state index contributed by atoms with van der Waals surface area (Å²) in [6, 6.07) is 8.06. The largest absolute Gasteiger partial charge is 0.492 e. The molecule has 2 heterocycles. The normalized spacial score (nSPS) is 12.0. The van der Waals surface area contributed by atoms with Crippen LogP contribution in [-0.4, -0.2) is 30.8 Å². The number of benzene rings is 1. The van der Waals surface area contributed by atoms with Gasteiger partial charge in [0.15, 0.2) is 11.5 Å². The van der Waals surface area contributed by atoms with Crippen molar-refractivity contribution < 1.29 is 19.0 Å². The minimum atomic E-state index is -0.273. The molecule has 1 aliphatic rings. The molecule has 0 saturated carbocycles. The number of nitrogens with one attached hydrogen (secondary N) is 2. The van der Waals surface area contributed by atoms with Crippen LogP contribution in [0.15, 0.2) is 41.3 Å². The second-order valence-corrected chi connectivity index (χ2v) is 4.56. The van der Waals surface area contributed by atoms with E-state index in [0.717, 1.165) is 0 Å². The van der Waals surface area contributed by atoms with E-state index in [1.807, 2.05) is 0 Å². The van der Waals surface area contributed by atoms with Gasteiger partial charge < -0.3 is 24.5 Å². The zero-order valence-electron chi connectivity index (χ0n) is 11.6. The number of amides is 1. The number of H-pyrrole nitrogens is 1. The molecule has 2 aromatic rings. The van der Waals surface area contributed by atoms with Crippen LogP contribution in [0, 0.1) is 0 Å². The summed E-state index contributed by atoms with van der Waals surface area (Å²) in [6.07, 6.45) is 1.37. The van der Waals surface area contributed by atoms with Crippen LogP contribution in [-0.2, 0) is 0 Å². The molecule has 3 rings (SSSR count). The van der Waals surface area contributed by atoms with Gasteiger partial charge in [-0.25, -0.2) is 0 Å². The maximum absolute atomic E-state index is 11.8. The zero-order chi connectivity index (χ0) is 15.4. The fraction of sp³-hybridized carbons (Fsp3) is 0.200. The number of rotatable bonds is 5. The molecule has 0 aliphatic carbocycles. The number of fused-ring (bicyclic) bond motifs is 1. The molecule has 22 heavy (non-hydrogen) atoms. The van der Waals surface area contributed by atoms with Crippen LogP contribution in [0.5, 0.6) is 17.2 Å². The number of ether oxygens (including phenoxy) is 3. The molecule has 0 bridgehead atoms. The fourth-order valence-electron chi connectivity index (χ4n) is 1.95. The van der Waals surface area contributed by atoms with E-state index in [-0.39, 0.29) is 18.3 Å². The van der Waals surface area contributed by atoms with Gasteiger partial charge in [0.2, 0.25) is 12.4 Å². The first-order valence-electron chi connectivity index (χ1n) is 6.72. The predicted octanol–water partition coefficient (Wildman–Crippen LogP) is 0.912. The van der Waals surface area contributed by atoms with Crippen LogP contribution in [0.25, 0.3) is 0 Å². The van der Waals surface area contributed by atoms with E-state index >= 15 is 0 Å². The lowest BCUT2D eigenvalue weighted by molar-refractivity contribution is 0.0946. The number of carbonyl (C=O) groups excluding carboxylic acids is 1. The number of aromatic amines is 1. The first-order chi connectivity index (χ1) is 10.7. The van der Waals surface area contributed by atoms with Gasteiger partial charge in [-0.2, -0.15) is 0 Å². The lowest BCUT2D eigenvalue weighted by Crippen LogP contribution is -2.28. The minimum absolute atomic E-state index is 0.216. The Bertz CT molecular complexity index is 720. The first-order valence-corrected chi connectivity index (χ1v) is 6.72. The summed E-state index contributed by atoms with van der Waals surface area (Å²) in [5.74, 6) is 1.71. The highest BCUT2D eigenvalue weighted by atomic mass is 16.7. The van der Waals surface area contributed by atoms with Gasteiger partial charge in [-0.15, -0.1) is 0 Å². The predicted molar refractivity (Wildman–Crippen MR) is 77.5 cm³/mol. The van der Waals surface area contributed by atoms with Crippen molar-refractivity contribution in [2.75, 3.05) is 19.9 Å². The lowest BCUT2D eigenvalue weighted by atomic mass is 10.3. The number of hydrogen-bond donors (Lipinski definition) is 2. The quantitative estimate of drug-likeness (QED) is 0.801. The third kappa shape index (κ3) is 3.20. The van der Waals surface area contributed by atoms with Crippen molar-refractivity contribution in [2.24, 2.45) is 0 Å². The van der Waals surface area contributed by atoms with Crippen molar-refractivity contribution >= 4 is 5.91 Å². The Balaban J connectivity index is 1.46. The molecule has 2 N–H and O–H groups in total. The molecule has 114 valence electrons. The summed E-state index contributed by atoms with van der Waals surface area (Å²) < 4.78 is 16.0. The van der Waals surface area contributed by atoms with E-state index in [1.54, 1.807) is 18.2 Å². The summed E-state index contributed by atoms with van der Waals surface area (Å²) in [7, 11) is 0. The lowest BCUT2D eigenvalue weighted by Gasteiger charge is -2.08. The second kappa shape index (κ2) is 6.21. The first kappa shape index (κ1) is 14.0. The fourth-order valence-corrected chi connectivity index (χ4v) is 1.95. The third-order valence-corrected chi connectivity index (χ3v) is 3.05. The minimum Gasteiger partial charge on any atom is -0.492 e. The molecule has 0 radical (unpaired) electrons. The highest BCUT2D eigenvalue weighted by Gasteiger charge is 2.13. The third-order valence-electron chi connectivity index (χ3n) is 3.05. The van der Waals surface area contributed by atoms with Crippen molar-refractivity contribution in [3.63, 3.8) is 0 Å². The molecule has 1 aromatic carbocycles. The van der Waals surface area contributed by atoms with Gasteiger partial charge in [0.1, 0.15) is 12.4 Å². The molecule has 0 atom stereocenters. The summed E-state index contributed by atoms with van der Waals surface area (Å²) >= 11 is 0. The second-order valence-electron chi connectivity index (χ2n) is 4.56. The molecule has 1 aliphatic heterocycles. The number of hydrogen-bond acceptors (Lipinski definition) is 5. The highest BCUT2D eigenvalue weighted by molar-refractivity contribution is 5.93. The summed E-state index contributed by atoms with van der Waals surface area (Å²) in [5, 5.41) is 2.70. The van der Waals surface area contributed by atoms with Gasteiger partial charge in [0, 0.05) is 18.3 Å². The topological polar surface area (TPSA) is 89.7 Å². The maximum Gasteiger partial charge on any atom is 0.252 e. The summed E-state index contributed by atoms with van der Waals surface area (Å²) in [6.45, 7) is 0.870. The van der Waals surface area contributed by atoms with Crippen molar-refractivity contribution in [1.29, 1.82) is 0 Å². The summed E-state index contributed by atoms with van der Waals surface area (Å²) in [4.78, 5) is 25.2. The molecule has 0 unspecified atom stereocenters. The highest BCUT2D eigenvalue weighted by Crippen LogP contribution is 2.34. The Labute approximate surface area is 125 Å². The van der Waals surface area contributed by atoms with Gasteiger partial charge in [-0.05, 0) is 18.2 Å². The van der Waals surface area contributed by atoms with E-state index < -0.39 is 0 Å². The molecule has 0 saturated heterocycles. The SMILES string of the molecule is O=C(NCCOc1ccc2c(c1)OCO2)c1ccc(=O)[nH]c1.